The van der Waals surface area contributed by atoms with Gasteiger partial charge in [-0.2, -0.15) is 8.42 Å². The van der Waals surface area contributed by atoms with Crippen molar-refractivity contribution in [3.63, 3.8) is 0 Å². The number of ketones is 1. The summed E-state index contributed by atoms with van der Waals surface area (Å²) in [4.78, 5) is 12.4. The standard InChI is InChI=1S/C19H24O6S/c1-19-8-7-12-13(15(19)5-6-18(19)20)4-3-11-9-17(25-26(21,22)23)16(24-2)10-14(11)12/h9-10,12-13,15H,3-8H2,1-2H3,(H,21,22,23)/t12-,13-,15-,19+/m1/s1. The van der Waals surface area contributed by atoms with Crippen LogP contribution in [-0.2, 0) is 21.6 Å². The molecule has 0 amide bonds. The number of methoxy groups -OCH3 is 1. The van der Waals surface area contributed by atoms with E-state index in [1.807, 2.05) is 6.07 Å². The van der Waals surface area contributed by atoms with Crippen LogP contribution in [0, 0.1) is 17.3 Å². The van der Waals surface area contributed by atoms with Gasteiger partial charge in [0.25, 0.3) is 0 Å². The number of hydrogen-bond acceptors (Lipinski definition) is 5. The van der Waals surface area contributed by atoms with Gasteiger partial charge in [0, 0.05) is 11.8 Å². The van der Waals surface area contributed by atoms with E-state index < -0.39 is 10.4 Å². The highest BCUT2D eigenvalue weighted by Crippen LogP contribution is 2.60. The summed E-state index contributed by atoms with van der Waals surface area (Å²) in [6.07, 6.45) is 5.33. The van der Waals surface area contributed by atoms with Crippen LogP contribution in [0.25, 0.3) is 0 Å². The van der Waals surface area contributed by atoms with Gasteiger partial charge in [0.15, 0.2) is 11.5 Å². The maximum atomic E-state index is 12.4. The van der Waals surface area contributed by atoms with Crippen LogP contribution in [0.5, 0.6) is 11.5 Å². The predicted molar refractivity (Wildman–Crippen MR) is 94.8 cm³/mol. The van der Waals surface area contributed by atoms with Crippen molar-refractivity contribution in [3.05, 3.63) is 23.3 Å². The Bertz CT molecular complexity index is 861. The fourth-order valence-corrected chi connectivity index (χ4v) is 6.04. The van der Waals surface area contributed by atoms with Crippen LogP contribution in [0.3, 0.4) is 0 Å². The average molecular weight is 380 g/mol. The molecule has 26 heavy (non-hydrogen) atoms. The second-order valence-electron chi connectivity index (χ2n) is 8.05. The molecule has 142 valence electrons. The monoisotopic (exact) mass is 380 g/mol. The molecule has 4 rings (SSSR count). The Kier molecular flexibility index (Phi) is 4.08. The number of carbonyl (C=O) groups is 1. The van der Waals surface area contributed by atoms with Gasteiger partial charge >= 0.3 is 10.4 Å². The molecule has 0 heterocycles. The molecule has 0 aliphatic heterocycles. The lowest BCUT2D eigenvalue weighted by Crippen LogP contribution is -2.42. The summed E-state index contributed by atoms with van der Waals surface area (Å²) in [6, 6.07) is 3.53. The molecule has 3 aliphatic carbocycles. The molecule has 1 N–H and O–H groups in total. The second kappa shape index (κ2) is 5.96. The fourth-order valence-electron chi connectivity index (χ4n) is 5.69. The van der Waals surface area contributed by atoms with Gasteiger partial charge in [-0.3, -0.25) is 9.35 Å². The van der Waals surface area contributed by atoms with Gasteiger partial charge in [0.2, 0.25) is 0 Å². The van der Waals surface area contributed by atoms with Crippen molar-refractivity contribution < 1.29 is 26.7 Å². The summed E-state index contributed by atoms with van der Waals surface area (Å²) in [6.45, 7) is 2.14. The number of fused-ring (bicyclic) bond motifs is 5. The Labute approximate surface area is 153 Å². The molecule has 0 bridgehead atoms. The molecule has 6 nitrogen and oxygen atoms in total. The van der Waals surface area contributed by atoms with Crippen LogP contribution in [0.15, 0.2) is 12.1 Å². The first kappa shape index (κ1) is 17.8. The molecule has 7 heteroatoms. The summed E-state index contributed by atoms with van der Waals surface area (Å²) in [5.41, 5.74) is 2.04. The number of carbonyl (C=O) groups excluding carboxylic acids is 1. The van der Waals surface area contributed by atoms with Crippen molar-refractivity contribution in [1.29, 1.82) is 0 Å². The summed E-state index contributed by atoms with van der Waals surface area (Å²) in [7, 11) is -3.15. The SMILES string of the molecule is COc1cc2c(cc1OS(=O)(=O)O)CC[C@H]1[C@H]3CCC(=O)[C@@]3(C)CC[C@@H]21. The highest BCUT2D eigenvalue weighted by molar-refractivity contribution is 7.81. The van der Waals surface area contributed by atoms with E-state index in [0.29, 0.717) is 35.7 Å². The first-order chi connectivity index (χ1) is 12.2. The quantitative estimate of drug-likeness (QED) is 0.809. The van der Waals surface area contributed by atoms with E-state index in [1.54, 1.807) is 6.07 Å². The van der Waals surface area contributed by atoms with Gasteiger partial charge < -0.3 is 8.92 Å². The number of rotatable bonds is 3. The van der Waals surface area contributed by atoms with E-state index in [1.165, 1.54) is 12.7 Å². The van der Waals surface area contributed by atoms with Gasteiger partial charge in [-0.15, -0.1) is 0 Å². The lowest BCUT2D eigenvalue weighted by atomic mass is 9.55. The van der Waals surface area contributed by atoms with Gasteiger partial charge in [0.1, 0.15) is 5.78 Å². The van der Waals surface area contributed by atoms with Gasteiger partial charge in [0.05, 0.1) is 7.11 Å². The Morgan fingerprint density at radius 2 is 1.92 bits per heavy atom. The molecule has 4 atom stereocenters. The van der Waals surface area contributed by atoms with Crippen LogP contribution in [-0.4, -0.2) is 25.9 Å². The number of aryl methyl sites for hydroxylation is 1. The molecule has 0 aromatic heterocycles. The minimum Gasteiger partial charge on any atom is -0.493 e. The molecule has 0 saturated heterocycles. The molecule has 1 aromatic carbocycles. The molecule has 2 saturated carbocycles. The van der Waals surface area contributed by atoms with Crippen molar-refractivity contribution in [2.45, 2.75) is 51.4 Å². The summed E-state index contributed by atoms with van der Waals surface area (Å²) in [5.74, 6) is 2.01. The highest BCUT2D eigenvalue weighted by atomic mass is 32.3. The largest absolute Gasteiger partial charge is 0.493 e. The zero-order valence-corrected chi connectivity index (χ0v) is 15.8. The normalized spacial score (nSPS) is 33.2. The smallest absolute Gasteiger partial charge is 0.446 e. The van der Waals surface area contributed by atoms with Crippen molar-refractivity contribution in [2.24, 2.45) is 17.3 Å². The third-order valence-corrected chi connectivity index (χ3v) is 7.30. The highest BCUT2D eigenvalue weighted by Gasteiger charge is 2.54. The van der Waals surface area contributed by atoms with Gasteiger partial charge in [-0.1, -0.05) is 6.92 Å². The topological polar surface area (TPSA) is 89.9 Å². The Balaban J connectivity index is 1.72. The fraction of sp³-hybridized carbons (Fsp3) is 0.632. The number of ether oxygens (including phenoxy) is 1. The van der Waals surface area contributed by atoms with Crippen molar-refractivity contribution >= 4 is 16.2 Å². The minimum atomic E-state index is -4.60. The molecule has 3 aliphatic rings. The van der Waals surface area contributed by atoms with Crippen LogP contribution in [0.2, 0.25) is 0 Å². The number of Topliss-reactive ketones (excluding diaryl/α,β-unsaturated/α-hetero) is 1. The molecule has 0 radical (unpaired) electrons. The summed E-state index contributed by atoms with van der Waals surface area (Å²) < 4.78 is 41.2. The maximum absolute atomic E-state index is 12.4. The number of hydrogen-bond donors (Lipinski definition) is 1. The summed E-state index contributed by atoms with van der Waals surface area (Å²) >= 11 is 0. The molecule has 0 spiro atoms. The minimum absolute atomic E-state index is 0.0175. The molecular formula is C19H24O6S. The predicted octanol–water partition coefficient (Wildman–Crippen LogP) is 3.30. The van der Waals surface area contributed by atoms with Crippen molar-refractivity contribution in [3.8, 4) is 11.5 Å². The second-order valence-corrected chi connectivity index (χ2v) is 9.07. The van der Waals surface area contributed by atoms with E-state index in [-0.39, 0.29) is 11.2 Å². The first-order valence-electron chi connectivity index (χ1n) is 9.14. The van der Waals surface area contributed by atoms with E-state index in [9.17, 15) is 13.2 Å². The van der Waals surface area contributed by atoms with Crippen molar-refractivity contribution in [1.82, 2.24) is 0 Å². The van der Waals surface area contributed by atoms with Crippen LogP contribution in [0.4, 0.5) is 0 Å². The van der Waals surface area contributed by atoms with E-state index >= 15 is 0 Å². The van der Waals surface area contributed by atoms with E-state index in [2.05, 4.69) is 11.1 Å². The first-order valence-corrected chi connectivity index (χ1v) is 10.5. The summed E-state index contributed by atoms with van der Waals surface area (Å²) in [5, 5.41) is 0. The van der Waals surface area contributed by atoms with Gasteiger partial charge in [-0.25, -0.2) is 0 Å². The average Bonchev–Trinajstić information content (AvgIpc) is 2.88. The zero-order chi connectivity index (χ0) is 18.7. The van der Waals surface area contributed by atoms with E-state index in [0.717, 1.165) is 37.7 Å². The lowest BCUT2D eigenvalue weighted by molar-refractivity contribution is -0.129. The third-order valence-electron chi connectivity index (χ3n) is 6.91. The van der Waals surface area contributed by atoms with Crippen LogP contribution < -0.4 is 8.92 Å². The lowest BCUT2D eigenvalue weighted by Gasteiger charge is -2.48. The molecular weight excluding hydrogens is 356 g/mol. The molecule has 1 aromatic rings. The van der Waals surface area contributed by atoms with Gasteiger partial charge in [-0.05, 0) is 73.1 Å². The number of benzene rings is 1. The Morgan fingerprint density at radius 3 is 2.62 bits per heavy atom. The van der Waals surface area contributed by atoms with Crippen LogP contribution >= 0.6 is 0 Å². The third kappa shape index (κ3) is 2.72. The molecule has 0 unspecified atom stereocenters. The van der Waals surface area contributed by atoms with Crippen LogP contribution in [0.1, 0.15) is 56.1 Å². The molecule has 2 fully saturated rings. The Morgan fingerprint density at radius 1 is 1.15 bits per heavy atom. The zero-order valence-electron chi connectivity index (χ0n) is 15.0. The van der Waals surface area contributed by atoms with E-state index in [4.69, 9.17) is 9.29 Å². The maximum Gasteiger partial charge on any atom is 0.446 e. The van der Waals surface area contributed by atoms with Crippen molar-refractivity contribution in [2.75, 3.05) is 7.11 Å². The Hall–Kier alpha value is -1.60.